The second kappa shape index (κ2) is 45.4. The Balaban J connectivity index is 3.02. The summed E-state index contributed by atoms with van der Waals surface area (Å²) in [5.41, 5.74) is 41.4. The van der Waals surface area contributed by atoms with Crippen LogP contribution in [0.5, 0.6) is 0 Å². The predicted octanol–water partition coefficient (Wildman–Crippen LogP) is -1.78. The number of carbonyl (C=O) groups is 11. The lowest BCUT2D eigenvalue weighted by molar-refractivity contribution is -0.137. The maximum absolute atomic E-state index is 14.8. The molecule has 90 heavy (non-hydrogen) atoms. The van der Waals surface area contributed by atoms with Gasteiger partial charge in [-0.05, 0) is 192 Å². The minimum absolute atomic E-state index is 0.0175. The Labute approximate surface area is 532 Å². The van der Waals surface area contributed by atoms with Crippen LogP contribution in [0.25, 0.3) is 0 Å². The quantitative estimate of drug-likeness (QED) is 0.0346. The number of carbonyl (C=O) groups excluding carboxylic acids is 11. The molecule has 1 aliphatic rings. The number of rotatable bonds is 33. The van der Waals surface area contributed by atoms with Crippen molar-refractivity contribution >= 4 is 65.0 Å². The number of hydrogen-bond donors (Lipinski definition) is 17. The molecule has 1 fully saturated rings. The average molecular weight is 1270 g/mol. The van der Waals surface area contributed by atoms with Crippen LogP contribution in [0.2, 0.25) is 0 Å². The van der Waals surface area contributed by atoms with Crippen molar-refractivity contribution in [1.29, 1.82) is 0 Å². The second-order valence-electron chi connectivity index (χ2n) is 24.3. The van der Waals surface area contributed by atoms with Gasteiger partial charge in [-0.3, -0.25) is 52.7 Å². The van der Waals surface area contributed by atoms with Crippen molar-refractivity contribution in [2.75, 3.05) is 39.3 Å². The third-order valence-electron chi connectivity index (χ3n) is 15.4. The Morgan fingerprint density at radius 1 is 0.322 bits per heavy atom. The Kier molecular flexibility index (Phi) is 40.0. The molecule has 1 aromatic rings. The van der Waals surface area contributed by atoms with Crippen molar-refractivity contribution in [3.8, 4) is 0 Å². The van der Waals surface area contributed by atoms with Crippen molar-refractivity contribution in [3.63, 3.8) is 0 Å². The first kappa shape index (κ1) is 79.2. The number of hydrogen-bond acceptors (Lipinski definition) is 17. The van der Waals surface area contributed by atoms with Crippen molar-refractivity contribution < 1.29 is 52.7 Å². The number of benzene rings is 1. The van der Waals surface area contributed by atoms with Gasteiger partial charge >= 0.3 is 0 Å². The van der Waals surface area contributed by atoms with Gasteiger partial charge in [-0.25, -0.2) is 0 Å². The molecule has 28 heteroatoms. The first-order valence-electron chi connectivity index (χ1n) is 32.6. The molecule has 0 radical (unpaired) electrons. The highest BCUT2D eigenvalue weighted by atomic mass is 16.2. The molecule has 2 rings (SSSR count). The zero-order chi connectivity index (χ0) is 67.0. The first-order chi connectivity index (χ1) is 43.0. The van der Waals surface area contributed by atoms with E-state index in [1.807, 2.05) is 13.8 Å². The maximum atomic E-state index is 14.8. The monoisotopic (exact) mass is 1270 g/mol. The minimum atomic E-state index is -1.50. The summed E-state index contributed by atoms with van der Waals surface area (Å²) in [5, 5.41) is 27.8. The van der Waals surface area contributed by atoms with E-state index < -0.39 is 125 Å². The fraction of sp³-hybridized carbons (Fsp3) is 0.726. The van der Waals surface area contributed by atoms with Gasteiger partial charge in [-0.15, -0.1) is 0 Å². The summed E-state index contributed by atoms with van der Waals surface area (Å²) in [4.78, 5) is 158. The Bertz CT molecular complexity index is 2370. The molecule has 510 valence electrons. The fourth-order valence-corrected chi connectivity index (χ4v) is 10.3. The molecule has 1 aromatic carbocycles. The van der Waals surface area contributed by atoms with Gasteiger partial charge in [0.25, 0.3) is 0 Å². The van der Waals surface area contributed by atoms with Gasteiger partial charge in [-0.1, -0.05) is 58.0 Å². The molecule has 1 saturated heterocycles. The second-order valence-corrected chi connectivity index (χ2v) is 24.3. The molecule has 24 N–H and O–H groups in total. The number of nitrogens with two attached hydrogens (primary N) is 7. The van der Waals surface area contributed by atoms with Gasteiger partial charge in [0.2, 0.25) is 65.0 Å². The van der Waals surface area contributed by atoms with Crippen LogP contribution >= 0.6 is 0 Å². The van der Waals surface area contributed by atoms with E-state index in [4.69, 9.17) is 40.1 Å². The topological polar surface area (TPSA) is 490 Å². The summed E-state index contributed by atoms with van der Waals surface area (Å²) in [5.74, 6) is -9.06. The highest BCUT2D eigenvalue weighted by Crippen LogP contribution is 2.16. The normalized spacial score (nSPS) is 23.7. The van der Waals surface area contributed by atoms with E-state index in [1.165, 1.54) is 0 Å². The molecule has 11 amide bonds. The summed E-state index contributed by atoms with van der Waals surface area (Å²) < 4.78 is 0. The molecule has 0 unspecified atom stereocenters. The van der Waals surface area contributed by atoms with Crippen LogP contribution in [0.1, 0.15) is 175 Å². The van der Waals surface area contributed by atoms with Crippen molar-refractivity contribution in [2.45, 2.75) is 236 Å². The largest absolute Gasteiger partial charge is 0.370 e. The summed E-state index contributed by atoms with van der Waals surface area (Å²) in [7, 11) is 0. The van der Waals surface area contributed by atoms with Gasteiger partial charge < -0.3 is 93.3 Å². The van der Waals surface area contributed by atoms with E-state index >= 15 is 0 Å². The van der Waals surface area contributed by atoms with E-state index in [0.717, 1.165) is 0 Å². The van der Waals surface area contributed by atoms with E-state index in [0.29, 0.717) is 82.6 Å². The van der Waals surface area contributed by atoms with Crippen molar-refractivity contribution in [3.05, 3.63) is 35.9 Å². The van der Waals surface area contributed by atoms with E-state index in [1.54, 1.807) is 44.2 Å². The van der Waals surface area contributed by atoms with E-state index in [9.17, 15) is 52.7 Å². The maximum Gasteiger partial charge on any atom is 0.243 e. The minimum Gasteiger partial charge on any atom is -0.370 e. The molecule has 1 aliphatic heterocycles. The van der Waals surface area contributed by atoms with Crippen LogP contribution in [0.15, 0.2) is 30.3 Å². The van der Waals surface area contributed by atoms with Crippen molar-refractivity contribution in [1.82, 2.24) is 53.2 Å². The SMILES string of the molecule is CC(C)C[C@@H]1NC(=O)[C@H](CCCCN)NC(=O)[C@H](CCCCN)NC(=O)[C@H](Cc2ccccc2)NC(=O)[C@H](CCCCN)NC(=O)[C@H](CCCCN)NC(=O)[C@H](CCCCN)NC(=O)[C@H](CC(C)C)NC(=O)[C@H](CCCCN)NC(=O)[C@H](CCC(N)=O)NC1=O. The molecular formula is C62H111N17O11. The zero-order valence-corrected chi connectivity index (χ0v) is 53.9. The summed E-state index contributed by atoms with van der Waals surface area (Å²) in [6.07, 6.45) is 4.48. The molecule has 0 bridgehead atoms. The first-order valence-corrected chi connectivity index (χ1v) is 32.6. The van der Waals surface area contributed by atoms with E-state index in [2.05, 4.69) is 53.2 Å². The van der Waals surface area contributed by atoms with Gasteiger partial charge in [0, 0.05) is 12.8 Å². The van der Waals surface area contributed by atoms with Gasteiger partial charge in [0.15, 0.2) is 0 Å². The molecule has 10 atom stereocenters. The molecule has 1 heterocycles. The molecule has 0 aliphatic carbocycles. The Morgan fingerprint density at radius 3 is 0.767 bits per heavy atom. The van der Waals surface area contributed by atoms with Gasteiger partial charge in [-0.2, -0.15) is 0 Å². The van der Waals surface area contributed by atoms with Crippen LogP contribution in [0.3, 0.4) is 0 Å². The fourth-order valence-electron chi connectivity index (χ4n) is 10.3. The van der Waals surface area contributed by atoms with Crippen LogP contribution in [-0.2, 0) is 59.2 Å². The lowest BCUT2D eigenvalue weighted by Crippen LogP contribution is -2.61. The lowest BCUT2D eigenvalue weighted by atomic mass is 9.99. The third kappa shape index (κ3) is 31.7. The summed E-state index contributed by atoms with van der Waals surface area (Å²) in [6, 6.07) is -4.43. The molecular weight excluding hydrogens is 1160 g/mol. The molecule has 28 nitrogen and oxygen atoms in total. The lowest BCUT2D eigenvalue weighted by Gasteiger charge is -2.30. The number of amides is 11. The molecule has 0 saturated carbocycles. The third-order valence-corrected chi connectivity index (χ3v) is 15.4. The number of primary amides is 1. The van der Waals surface area contributed by atoms with Crippen LogP contribution < -0.4 is 93.3 Å². The Hall–Kier alpha value is -6.85. The standard InChI is InChI=1S/C62H111N17O11/c1-39(2)36-49-60(88)74-43(23-9-15-31-64)54(82)70-42(22-8-14-30-63)53(81)72-47(27-13-19-35-68)58(86)79-51(38-41-20-6-5-7-21-41)62(90)75-44(24-10-16-32-65)55(83)71-45(25-11-17-33-66)56(84)78-50(37-40(3)4)61(89)76-48(28-29-52(69)80)59(87)73-46(57(85)77-49)26-12-18-34-67/h5-7,20-21,39-40,42-51H,8-19,22-38,63-68H2,1-4H3,(H2,69,80)(H,70,82)(H,71,83)(H,72,81)(H,73,87)(H,74,88)(H,75,90)(H,76,89)(H,77,85)(H,78,84)(H,79,86)/t42-,43-,44-,45-,46-,47-,48-,49-,50-,51-/m0/s1. The van der Waals surface area contributed by atoms with Crippen LogP contribution in [0.4, 0.5) is 0 Å². The number of nitrogens with one attached hydrogen (secondary N) is 10. The summed E-state index contributed by atoms with van der Waals surface area (Å²) in [6.45, 7) is 8.79. The van der Waals surface area contributed by atoms with Crippen LogP contribution in [0, 0.1) is 11.8 Å². The highest BCUT2D eigenvalue weighted by Gasteiger charge is 2.37. The zero-order valence-electron chi connectivity index (χ0n) is 53.9. The predicted molar refractivity (Wildman–Crippen MR) is 344 cm³/mol. The smallest absolute Gasteiger partial charge is 0.243 e. The molecule has 0 aromatic heterocycles. The molecule has 0 spiro atoms. The summed E-state index contributed by atoms with van der Waals surface area (Å²) >= 11 is 0. The highest BCUT2D eigenvalue weighted by molar-refractivity contribution is 5.99. The average Bonchev–Trinajstić information content (AvgIpc) is 2.92. The number of unbranched alkanes of at least 4 members (excludes halogenated alkanes) is 6. The van der Waals surface area contributed by atoms with Crippen molar-refractivity contribution in [2.24, 2.45) is 52.0 Å². The van der Waals surface area contributed by atoms with E-state index in [-0.39, 0.29) is 122 Å². The Morgan fingerprint density at radius 2 is 0.533 bits per heavy atom. The van der Waals surface area contributed by atoms with Gasteiger partial charge in [0.05, 0.1) is 0 Å². The van der Waals surface area contributed by atoms with Crippen LogP contribution in [-0.4, -0.2) is 165 Å². The van der Waals surface area contributed by atoms with Gasteiger partial charge in [0.1, 0.15) is 60.4 Å².